The van der Waals surface area contributed by atoms with E-state index in [2.05, 4.69) is 16.1 Å². The molecule has 4 heteroatoms. The van der Waals surface area contributed by atoms with Gasteiger partial charge in [0.1, 0.15) is 0 Å². The number of pyridine rings is 1. The van der Waals surface area contributed by atoms with E-state index in [9.17, 15) is 4.79 Å². The van der Waals surface area contributed by atoms with Crippen molar-refractivity contribution in [1.29, 1.82) is 0 Å². The van der Waals surface area contributed by atoms with Crippen LogP contribution in [0.2, 0.25) is 0 Å². The molecule has 2 aromatic heterocycles. The molecule has 1 aromatic carbocycles. The van der Waals surface area contributed by atoms with E-state index in [1.54, 1.807) is 24.5 Å². The Morgan fingerprint density at radius 2 is 2.00 bits per heavy atom. The molecular weight excluding hydrogens is 262 g/mol. The van der Waals surface area contributed by atoms with Crippen LogP contribution in [0.25, 0.3) is 11.3 Å². The molecule has 0 unspecified atom stereocenters. The summed E-state index contributed by atoms with van der Waals surface area (Å²) in [6, 6.07) is 15.1. The molecule has 0 atom stereocenters. The summed E-state index contributed by atoms with van der Waals surface area (Å²) in [5, 5.41) is 4.43. The summed E-state index contributed by atoms with van der Waals surface area (Å²) < 4.78 is 1.48. The average Bonchev–Trinajstić information content (AvgIpc) is 2.50. The minimum atomic E-state index is -0.107. The van der Waals surface area contributed by atoms with E-state index in [0.29, 0.717) is 6.54 Å². The maximum absolute atomic E-state index is 12.0. The third-order valence-corrected chi connectivity index (χ3v) is 3.24. The lowest BCUT2D eigenvalue weighted by Gasteiger charge is -2.07. The van der Waals surface area contributed by atoms with Gasteiger partial charge < -0.3 is 0 Å². The van der Waals surface area contributed by atoms with E-state index in [1.807, 2.05) is 37.3 Å². The lowest BCUT2D eigenvalue weighted by atomic mass is 10.1. The molecule has 0 radical (unpaired) electrons. The van der Waals surface area contributed by atoms with E-state index < -0.39 is 0 Å². The van der Waals surface area contributed by atoms with Crippen molar-refractivity contribution >= 4 is 0 Å². The molecule has 4 nitrogen and oxygen atoms in total. The van der Waals surface area contributed by atoms with Crippen molar-refractivity contribution in [2.45, 2.75) is 13.5 Å². The number of aromatic nitrogens is 3. The van der Waals surface area contributed by atoms with Crippen molar-refractivity contribution in [3.63, 3.8) is 0 Å². The zero-order valence-electron chi connectivity index (χ0n) is 11.7. The molecule has 0 spiro atoms. The van der Waals surface area contributed by atoms with Crippen LogP contribution in [-0.4, -0.2) is 14.8 Å². The lowest BCUT2D eigenvalue weighted by molar-refractivity contribution is 0.642. The Balaban J connectivity index is 1.97. The zero-order valence-corrected chi connectivity index (χ0v) is 11.7. The van der Waals surface area contributed by atoms with Crippen LogP contribution in [0.1, 0.15) is 11.1 Å². The minimum absolute atomic E-state index is 0.107. The largest absolute Gasteiger partial charge is 0.268 e. The van der Waals surface area contributed by atoms with Crippen molar-refractivity contribution in [3.8, 4) is 11.3 Å². The molecule has 0 bridgehead atoms. The molecule has 104 valence electrons. The van der Waals surface area contributed by atoms with E-state index in [0.717, 1.165) is 16.8 Å². The van der Waals surface area contributed by atoms with Crippen LogP contribution in [0, 0.1) is 6.92 Å². The van der Waals surface area contributed by atoms with Crippen LogP contribution in [0.3, 0.4) is 0 Å². The highest BCUT2D eigenvalue weighted by Crippen LogP contribution is 2.13. The van der Waals surface area contributed by atoms with Gasteiger partial charge in [0.25, 0.3) is 5.56 Å². The first-order valence-electron chi connectivity index (χ1n) is 6.76. The molecule has 21 heavy (non-hydrogen) atoms. The van der Waals surface area contributed by atoms with E-state index in [-0.39, 0.29) is 5.56 Å². The number of hydrogen-bond acceptors (Lipinski definition) is 3. The molecule has 0 aliphatic heterocycles. The fourth-order valence-corrected chi connectivity index (χ4v) is 2.21. The van der Waals surface area contributed by atoms with Crippen molar-refractivity contribution < 1.29 is 0 Å². The van der Waals surface area contributed by atoms with Gasteiger partial charge in [-0.2, -0.15) is 5.10 Å². The Labute approximate surface area is 122 Å². The topological polar surface area (TPSA) is 47.8 Å². The van der Waals surface area contributed by atoms with Crippen LogP contribution < -0.4 is 5.56 Å². The van der Waals surface area contributed by atoms with Gasteiger partial charge in [0, 0.05) is 24.0 Å². The van der Waals surface area contributed by atoms with Crippen LogP contribution in [-0.2, 0) is 6.54 Å². The predicted molar refractivity (Wildman–Crippen MR) is 82.0 cm³/mol. The number of nitrogens with zero attached hydrogens (tertiary/aromatic N) is 3. The Morgan fingerprint density at radius 3 is 2.76 bits per heavy atom. The Hall–Kier alpha value is -2.75. The summed E-state index contributed by atoms with van der Waals surface area (Å²) in [4.78, 5) is 16.1. The smallest absolute Gasteiger partial charge is 0.267 e. The number of aryl methyl sites for hydroxylation is 1. The van der Waals surface area contributed by atoms with Gasteiger partial charge in [-0.3, -0.25) is 9.78 Å². The second-order valence-corrected chi connectivity index (χ2v) is 4.95. The summed E-state index contributed by atoms with van der Waals surface area (Å²) in [6.07, 6.45) is 3.45. The van der Waals surface area contributed by atoms with Gasteiger partial charge in [-0.1, -0.05) is 29.8 Å². The van der Waals surface area contributed by atoms with Crippen LogP contribution in [0.15, 0.2) is 65.7 Å². The minimum Gasteiger partial charge on any atom is -0.268 e. The first-order valence-corrected chi connectivity index (χ1v) is 6.76. The SMILES string of the molecule is Cc1cccc(Cn2nc(-c3cccnc3)ccc2=O)c1. The molecule has 3 rings (SSSR count). The number of hydrogen-bond donors (Lipinski definition) is 0. The third kappa shape index (κ3) is 3.05. The van der Waals surface area contributed by atoms with Crippen molar-refractivity contribution in [2.24, 2.45) is 0 Å². The summed E-state index contributed by atoms with van der Waals surface area (Å²) in [6.45, 7) is 2.50. The number of benzene rings is 1. The van der Waals surface area contributed by atoms with Crippen LogP contribution >= 0.6 is 0 Å². The Morgan fingerprint density at radius 1 is 1.10 bits per heavy atom. The molecule has 0 saturated heterocycles. The maximum atomic E-state index is 12.0. The van der Waals surface area contributed by atoms with Gasteiger partial charge in [0.05, 0.1) is 12.2 Å². The summed E-state index contributed by atoms with van der Waals surface area (Å²) in [7, 11) is 0. The molecular formula is C17H15N3O. The summed E-state index contributed by atoms with van der Waals surface area (Å²) >= 11 is 0. The molecule has 0 amide bonds. The van der Waals surface area contributed by atoms with Gasteiger partial charge in [-0.05, 0) is 30.7 Å². The van der Waals surface area contributed by atoms with E-state index in [1.165, 1.54) is 10.2 Å². The molecule has 0 fully saturated rings. The zero-order chi connectivity index (χ0) is 14.7. The maximum Gasteiger partial charge on any atom is 0.267 e. The fourth-order valence-electron chi connectivity index (χ4n) is 2.21. The second-order valence-electron chi connectivity index (χ2n) is 4.95. The van der Waals surface area contributed by atoms with Crippen molar-refractivity contribution in [1.82, 2.24) is 14.8 Å². The van der Waals surface area contributed by atoms with E-state index in [4.69, 9.17) is 0 Å². The van der Waals surface area contributed by atoms with Gasteiger partial charge in [0.15, 0.2) is 0 Å². The molecule has 0 aliphatic carbocycles. The van der Waals surface area contributed by atoms with Crippen LogP contribution in [0.5, 0.6) is 0 Å². The molecule has 0 saturated carbocycles. The highest BCUT2D eigenvalue weighted by Gasteiger charge is 2.04. The van der Waals surface area contributed by atoms with Crippen molar-refractivity contribution in [2.75, 3.05) is 0 Å². The summed E-state index contributed by atoms with van der Waals surface area (Å²) in [5.41, 5.74) is 3.77. The Kier molecular flexibility index (Phi) is 3.60. The molecule has 0 aliphatic rings. The monoisotopic (exact) mass is 277 g/mol. The van der Waals surface area contributed by atoms with E-state index >= 15 is 0 Å². The van der Waals surface area contributed by atoms with Crippen LogP contribution in [0.4, 0.5) is 0 Å². The number of rotatable bonds is 3. The van der Waals surface area contributed by atoms with Gasteiger partial charge in [-0.15, -0.1) is 0 Å². The predicted octanol–water partition coefficient (Wildman–Crippen LogP) is 2.66. The average molecular weight is 277 g/mol. The standard InChI is InChI=1S/C17H15N3O/c1-13-4-2-5-14(10-13)12-20-17(21)8-7-16(19-20)15-6-3-9-18-11-15/h2-11H,12H2,1H3. The lowest BCUT2D eigenvalue weighted by Crippen LogP contribution is -2.22. The molecule has 0 N–H and O–H groups in total. The van der Waals surface area contributed by atoms with Gasteiger partial charge >= 0.3 is 0 Å². The first-order chi connectivity index (χ1) is 10.2. The third-order valence-electron chi connectivity index (χ3n) is 3.24. The van der Waals surface area contributed by atoms with Crippen molar-refractivity contribution in [3.05, 3.63) is 82.4 Å². The molecule has 3 aromatic rings. The van der Waals surface area contributed by atoms with Gasteiger partial charge in [-0.25, -0.2) is 4.68 Å². The Bertz CT molecular complexity index is 810. The molecule has 2 heterocycles. The highest BCUT2D eigenvalue weighted by molar-refractivity contribution is 5.56. The fraction of sp³-hybridized carbons (Fsp3) is 0.118. The normalized spacial score (nSPS) is 10.5. The summed E-state index contributed by atoms with van der Waals surface area (Å²) in [5.74, 6) is 0. The first kappa shape index (κ1) is 13.2. The van der Waals surface area contributed by atoms with Gasteiger partial charge in [0.2, 0.25) is 0 Å². The second kappa shape index (κ2) is 5.71. The highest BCUT2D eigenvalue weighted by atomic mass is 16.1. The quantitative estimate of drug-likeness (QED) is 0.739.